The molecule has 0 amide bonds. The number of hydrogen-bond donors (Lipinski definition) is 0. The van der Waals surface area contributed by atoms with Crippen LogP contribution < -0.4 is 0 Å². The molecule has 6 aromatic heterocycles. The number of nitrogens with zero attached hydrogens (tertiary/aromatic N) is 4. The van der Waals surface area contributed by atoms with Crippen molar-refractivity contribution in [2.75, 3.05) is 0 Å². The molecule has 0 saturated heterocycles. The van der Waals surface area contributed by atoms with E-state index in [-0.39, 0.29) is 55.7 Å². The Hall–Kier alpha value is -10.2. The van der Waals surface area contributed by atoms with Crippen LogP contribution in [0.1, 0.15) is 108 Å². The molecule has 0 bridgehead atoms. The van der Waals surface area contributed by atoms with Gasteiger partial charge in [0.15, 0.2) is 34.8 Å². The molecule has 7 aromatic carbocycles. The zero-order valence-corrected chi connectivity index (χ0v) is 54.5. The first-order chi connectivity index (χ1) is 45.5. The largest absolute Gasteiger partial charge is 0.289 e. The van der Waals surface area contributed by atoms with Gasteiger partial charge in [-0.15, -0.1) is 68.0 Å². The van der Waals surface area contributed by atoms with E-state index in [1.165, 1.54) is 22.7 Å². The summed E-state index contributed by atoms with van der Waals surface area (Å²) in [6, 6.07) is 55.4. The molecule has 94 heavy (non-hydrogen) atoms. The van der Waals surface area contributed by atoms with Gasteiger partial charge in [0.05, 0.1) is 39.0 Å². The number of carbonyl (C=O) groups excluding carboxylic acids is 2. The maximum Gasteiger partial charge on any atom is 0.194 e. The Morgan fingerprint density at radius 1 is 0.372 bits per heavy atom. The third kappa shape index (κ3) is 7.78. The fourth-order valence-electron chi connectivity index (χ4n) is 14.7. The number of ketones is 2. The number of aryl methyl sites for hydroxylation is 4. The van der Waals surface area contributed by atoms with E-state index >= 15 is 0 Å². The summed E-state index contributed by atoms with van der Waals surface area (Å²) in [5.41, 5.74) is 12.8. The first-order valence-electron chi connectivity index (χ1n) is 29.6. The Labute approximate surface area is 558 Å². The molecule has 6 nitrogen and oxygen atoms in total. The molecule has 13 aromatic rings. The van der Waals surface area contributed by atoms with Crippen molar-refractivity contribution >= 4 is 140 Å². The lowest BCUT2D eigenvalue weighted by Crippen LogP contribution is -2.30. The van der Waals surface area contributed by atoms with Crippen LogP contribution in [0, 0.1) is 96.3 Å². The summed E-state index contributed by atoms with van der Waals surface area (Å²) in [5, 5.41) is 40.5. The zero-order valence-electron chi connectivity index (χ0n) is 49.6. The number of fused-ring (bicyclic) bond motifs is 16. The summed E-state index contributed by atoms with van der Waals surface area (Å²) in [4.78, 5) is 31.9. The average molecular weight is 1330 g/mol. The summed E-state index contributed by atoms with van der Waals surface area (Å²) >= 11 is 9.79. The van der Waals surface area contributed by atoms with Gasteiger partial charge in [-0.05, 0) is 144 Å². The van der Waals surface area contributed by atoms with Gasteiger partial charge in [0.1, 0.15) is 35.4 Å². The van der Waals surface area contributed by atoms with Crippen molar-refractivity contribution in [3.63, 3.8) is 0 Å². The number of halogens is 4. The topological polar surface area (TPSA) is 129 Å². The molecule has 0 spiro atoms. The van der Waals surface area contributed by atoms with Crippen molar-refractivity contribution in [2.24, 2.45) is 0 Å². The van der Waals surface area contributed by atoms with Gasteiger partial charge >= 0.3 is 0 Å². The van der Waals surface area contributed by atoms with Crippen LogP contribution in [-0.4, -0.2) is 11.6 Å². The van der Waals surface area contributed by atoms with E-state index in [0.29, 0.717) is 9.75 Å². The van der Waals surface area contributed by atoms with Crippen molar-refractivity contribution < 1.29 is 27.2 Å². The smallest absolute Gasteiger partial charge is 0.194 e. The van der Waals surface area contributed by atoms with Crippen molar-refractivity contribution in [3.05, 3.63) is 290 Å². The summed E-state index contributed by atoms with van der Waals surface area (Å²) in [6.07, 6.45) is 3.27. The number of hydrogen-bond acceptors (Lipinski definition) is 12. The molecule has 4 aliphatic rings. The fourth-order valence-corrected chi connectivity index (χ4v) is 23.4. The maximum absolute atomic E-state index is 14.9. The van der Waals surface area contributed by atoms with E-state index in [1.54, 1.807) is 57.5 Å². The Bertz CT molecular complexity index is 5540. The number of nitriles is 4. The van der Waals surface area contributed by atoms with Gasteiger partial charge in [-0.25, -0.2) is 17.6 Å². The lowest BCUT2D eigenvalue weighted by Gasteiger charge is -2.35. The quantitative estimate of drug-likeness (QED) is 0.0926. The highest BCUT2D eigenvalue weighted by atomic mass is 32.1. The van der Waals surface area contributed by atoms with Gasteiger partial charge in [0.25, 0.3) is 0 Å². The molecular weight excluding hydrogens is 1290 g/mol. The van der Waals surface area contributed by atoms with Gasteiger partial charge in [0, 0.05) is 73.5 Å². The lowest BCUT2D eigenvalue weighted by molar-refractivity contribution is 0.103. The summed E-state index contributed by atoms with van der Waals surface area (Å²) in [6.45, 7) is 8.37. The minimum atomic E-state index is -1.21. The van der Waals surface area contributed by atoms with Crippen LogP contribution in [0.15, 0.2) is 168 Å². The first-order valence-corrected chi connectivity index (χ1v) is 34.5. The Morgan fingerprint density at radius 3 is 0.989 bits per heavy atom. The summed E-state index contributed by atoms with van der Waals surface area (Å²) in [5.74, 6) is -6.01. The van der Waals surface area contributed by atoms with Gasteiger partial charge in [0.2, 0.25) is 0 Å². The predicted octanol–water partition coefficient (Wildman–Crippen LogP) is 21.3. The van der Waals surface area contributed by atoms with Crippen molar-refractivity contribution in [1.29, 1.82) is 21.0 Å². The molecular formula is C78H38F4N4O2S6. The standard InChI is InChI=1S/C78H38F4N4O2S6/c1-35-5-13-41(14-6-35)77(42-15-7-36(2)8-16-42)55-25-52-56(26-51(55)69-65(77)73-75(93-69)71-61(91-73)23-45(89-71)21-53-63(39(31-83)32-84)47-27-57(79)59(81)29-49(47)67(53)87)78(43-17-9-37(3)10-18-43,44-19-11-38(4)12-20-44)66-70(52)94-76-72-62(92-74(66)76)24-46(90-72)22-54-64(40(33-85)34-86)48-28-58(80)60(82)30-50(48)68(54)88/h5-30H,1-4H3/b53-21-,54-22-. The second-order valence-corrected chi connectivity index (χ2v) is 30.4. The van der Waals surface area contributed by atoms with Crippen LogP contribution in [-0.2, 0) is 10.8 Å². The molecule has 0 unspecified atom stereocenters. The molecule has 6 heterocycles. The molecule has 17 rings (SSSR count). The predicted molar refractivity (Wildman–Crippen MR) is 371 cm³/mol. The molecule has 446 valence electrons. The van der Waals surface area contributed by atoms with Crippen LogP contribution in [0.3, 0.4) is 0 Å². The van der Waals surface area contributed by atoms with Crippen molar-refractivity contribution in [2.45, 2.75) is 38.5 Å². The molecule has 0 saturated carbocycles. The number of thiophene rings is 6. The van der Waals surface area contributed by atoms with E-state index in [4.69, 9.17) is 0 Å². The van der Waals surface area contributed by atoms with Crippen LogP contribution in [0.5, 0.6) is 0 Å². The Balaban J connectivity index is 0.926. The molecule has 0 N–H and O–H groups in total. The van der Waals surface area contributed by atoms with E-state index in [0.717, 1.165) is 150 Å². The number of Topliss-reactive ketones (excluding diaryl/α,β-unsaturated/α-hetero) is 2. The van der Waals surface area contributed by atoms with Crippen LogP contribution in [0.25, 0.3) is 81.8 Å². The second-order valence-electron chi connectivity index (χ2n) is 24.1. The molecule has 16 heteroatoms. The molecule has 0 fully saturated rings. The van der Waals surface area contributed by atoms with Gasteiger partial charge < -0.3 is 0 Å². The third-order valence-electron chi connectivity index (χ3n) is 18.8. The highest BCUT2D eigenvalue weighted by Gasteiger charge is 2.55. The van der Waals surface area contributed by atoms with Crippen LogP contribution >= 0.6 is 68.0 Å². The zero-order chi connectivity index (χ0) is 64.7. The van der Waals surface area contributed by atoms with E-state index in [2.05, 4.69) is 137 Å². The van der Waals surface area contributed by atoms with Crippen molar-refractivity contribution in [3.8, 4) is 45.2 Å². The number of allylic oxidation sites excluding steroid dienone is 6. The molecule has 0 atom stereocenters. The number of carbonyl (C=O) groups is 2. The Morgan fingerprint density at radius 2 is 0.681 bits per heavy atom. The summed E-state index contributed by atoms with van der Waals surface area (Å²) < 4.78 is 67.5. The van der Waals surface area contributed by atoms with E-state index in [9.17, 15) is 48.2 Å². The molecule has 4 aliphatic carbocycles. The minimum absolute atomic E-state index is 0.000661. The second kappa shape index (κ2) is 20.6. The third-order valence-corrected chi connectivity index (χ3v) is 26.6. The van der Waals surface area contributed by atoms with Crippen LogP contribution in [0.2, 0.25) is 0 Å². The van der Waals surface area contributed by atoms with Gasteiger partial charge in [-0.2, -0.15) is 21.0 Å². The van der Waals surface area contributed by atoms with Crippen LogP contribution in [0.4, 0.5) is 17.6 Å². The first kappa shape index (κ1) is 57.6. The Kier molecular flexibility index (Phi) is 12.7. The fraction of sp³-hybridized carbons (Fsp3) is 0.0769. The minimum Gasteiger partial charge on any atom is -0.289 e. The van der Waals surface area contributed by atoms with Gasteiger partial charge in [-0.1, -0.05) is 119 Å². The maximum atomic E-state index is 14.9. The van der Waals surface area contributed by atoms with E-state index < -0.39 is 45.7 Å². The number of rotatable bonds is 6. The number of benzene rings is 7. The highest BCUT2D eigenvalue weighted by Crippen LogP contribution is 2.69. The highest BCUT2D eigenvalue weighted by molar-refractivity contribution is 7.40. The van der Waals surface area contributed by atoms with Crippen molar-refractivity contribution in [1.82, 2.24) is 0 Å². The SMILES string of the molecule is Cc1ccc(C2(c3ccc(C)cc3)c3cc4c(cc3-c3sc5c(sc6cc(/C=C7\C(=O)c8cc(F)c(F)cc8C7=C(C#N)C#N)sc65)c32)C(c2ccc(C)cc2)(c2ccc(C)cc2)c2c-4sc3c2sc2cc(/C=C4\C(=O)c5cc(F)c(F)cc5C4=C(C#N)C#N)sc23)cc1. The van der Waals surface area contributed by atoms with Gasteiger partial charge in [-0.3, -0.25) is 9.59 Å². The average Bonchev–Trinajstić information content (AvgIpc) is 1.49. The molecule has 0 aliphatic heterocycles. The summed E-state index contributed by atoms with van der Waals surface area (Å²) in [7, 11) is 0. The lowest BCUT2D eigenvalue weighted by atomic mass is 9.65. The monoisotopic (exact) mass is 1330 g/mol. The molecule has 0 radical (unpaired) electrons. The van der Waals surface area contributed by atoms with E-state index in [1.807, 2.05) is 36.4 Å². The normalized spacial score (nSPS) is 15.4.